The zero-order valence-corrected chi connectivity index (χ0v) is 14.7. The molecule has 2 aliphatic heterocycles. The summed E-state index contributed by atoms with van der Waals surface area (Å²) in [6, 6.07) is 0.169. The first-order valence-corrected chi connectivity index (χ1v) is 9.19. The van der Waals surface area contributed by atoms with E-state index in [0.717, 1.165) is 58.4 Å². The predicted octanol–water partition coefficient (Wildman–Crippen LogP) is 1.37. The zero-order valence-electron chi connectivity index (χ0n) is 14.7. The summed E-state index contributed by atoms with van der Waals surface area (Å²) in [5, 5.41) is 3.06. The van der Waals surface area contributed by atoms with E-state index in [1.165, 1.54) is 0 Å². The Balaban J connectivity index is 1.67. The number of likely N-dealkylation sites (N-methyl/N-ethyl adjacent to an activating group) is 1. The van der Waals surface area contributed by atoms with Crippen LogP contribution in [0.4, 0.5) is 4.79 Å². The van der Waals surface area contributed by atoms with Gasteiger partial charge in [-0.05, 0) is 38.8 Å². The van der Waals surface area contributed by atoms with Crippen LogP contribution >= 0.6 is 0 Å². The molecule has 2 aliphatic rings. The van der Waals surface area contributed by atoms with Crippen molar-refractivity contribution in [2.75, 3.05) is 52.4 Å². The van der Waals surface area contributed by atoms with Crippen LogP contribution in [-0.2, 0) is 4.79 Å². The van der Waals surface area contributed by atoms with E-state index in [4.69, 9.17) is 0 Å². The molecule has 0 radical (unpaired) electrons. The molecule has 1 N–H and O–H groups in total. The first-order valence-electron chi connectivity index (χ1n) is 9.19. The van der Waals surface area contributed by atoms with E-state index in [-0.39, 0.29) is 17.9 Å². The van der Waals surface area contributed by atoms with Gasteiger partial charge in [-0.2, -0.15) is 0 Å². The second-order valence-electron chi connectivity index (χ2n) is 6.56. The average Bonchev–Trinajstić information content (AvgIpc) is 3.12. The third-order valence-corrected chi connectivity index (χ3v) is 5.13. The maximum atomic E-state index is 12.3. The lowest BCUT2D eigenvalue weighted by molar-refractivity contribution is -0.126. The fraction of sp³-hybridized carbons (Fsp3) is 0.882. The van der Waals surface area contributed by atoms with Gasteiger partial charge in [-0.25, -0.2) is 4.79 Å². The van der Waals surface area contributed by atoms with Crippen molar-refractivity contribution in [1.82, 2.24) is 20.0 Å². The fourth-order valence-corrected chi connectivity index (χ4v) is 3.46. The largest absolute Gasteiger partial charge is 0.355 e. The molecule has 0 atom stereocenters. The molecule has 6 heteroatoms. The number of carbonyl (C=O) groups is 2. The number of nitrogens with one attached hydrogen (secondary N) is 1. The Morgan fingerprint density at radius 2 is 1.57 bits per heavy atom. The predicted molar refractivity (Wildman–Crippen MR) is 91.3 cm³/mol. The third kappa shape index (κ3) is 5.09. The van der Waals surface area contributed by atoms with Crippen molar-refractivity contribution in [2.24, 2.45) is 5.92 Å². The van der Waals surface area contributed by atoms with E-state index in [9.17, 15) is 9.59 Å². The average molecular weight is 324 g/mol. The maximum absolute atomic E-state index is 12.3. The molecule has 0 aromatic carbocycles. The van der Waals surface area contributed by atoms with Crippen molar-refractivity contribution in [3.63, 3.8) is 0 Å². The Hall–Kier alpha value is -1.30. The lowest BCUT2D eigenvalue weighted by Crippen LogP contribution is -2.48. The van der Waals surface area contributed by atoms with Crippen LogP contribution in [0.2, 0.25) is 0 Å². The zero-order chi connectivity index (χ0) is 16.7. The number of hydrogen-bond donors (Lipinski definition) is 1. The molecule has 2 heterocycles. The molecule has 0 aromatic rings. The summed E-state index contributed by atoms with van der Waals surface area (Å²) in [5.41, 5.74) is 0. The molecule has 132 valence electrons. The van der Waals surface area contributed by atoms with E-state index < -0.39 is 0 Å². The van der Waals surface area contributed by atoms with Crippen molar-refractivity contribution >= 4 is 11.9 Å². The highest BCUT2D eigenvalue weighted by Gasteiger charge is 2.30. The van der Waals surface area contributed by atoms with Gasteiger partial charge in [-0.15, -0.1) is 0 Å². The molecule has 6 nitrogen and oxygen atoms in total. The molecular weight excluding hydrogens is 292 g/mol. The van der Waals surface area contributed by atoms with E-state index >= 15 is 0 Å². The highest BCUT2D eigenvalue weighted by Crippen LogP contribution is 2.20. The SMILES string of the molecule is CCN(CC)CCNC(=O)C1CCN(C(=O)N2CCCC2)CC1. The summed E-state index contributed by atoms with van der Waals surface area (Å²) >= 11 is 0. The van der Waals surface area contributed by atoms with E-state index in [1.54, 1.807) is 0 Å². The summed E-state index contributed by atoms with van der Waals surface area (Å²) in [6.45, 7) is 11.1. The van der Waals surface area contributed by atoms with Crippen LogP contribution in [0.3, 0.4) is 0 Å². The fourth-order valence-electron chi connectivity index (χ4n) is 3.46. The third-order valence-electron chi connectivity index (χ3n) is 5.13. The van der Waals surface area contributed by atoms with E-state index in [0.29, 0.717) is 19.6 Å². The van der Waals surface area contributed by atoms with Gasteiger partial charge in [0.15, 0.2) is 0 Å². The number of hydrogen-bond acceptors (Lipinski definition) is 3. The first-order chi connectivity index (χ1) is 11.2. The molecule has 0 spiro atoms. The molecule has 0 saturated carbocycles. The highest BCUT2D eigenvalue weighted by atomic mass is 16.2. The summed E-state index contributed by atoms with van der Waals surface area (Å²) in [4.78, 5) is 30.8. The number of carbonyl (C=O) groups excluding carboxylic acids is 2. The van der Waals surface area contributed by atoms with E-state index in [2.05, 4.69) is 24.1 Å². The first kappa shape index (κ1) is 18.0. The van der Waals surface area contributed by atoms with Crippen molar-refractivity contribution in [3.05, 3.63) is 0 Å². The van der Waals surface area contributed by atoms with Crippen LogP contribution in [-0.4, -0.2) is 79.0 Å². The minimum atomic E-state index is 0.0642. The molecule has 23 heavy (non-hydrogen) atoms. The Labute approximate surface area is 140 Å². The second-order valence-corrected chi connectivity index (χ2v) is 6.56. The molecular formula is C17H32N4O2. The highest BCUT2D eigenvalue weighted by molar-refractivity contribution is 5.79. The Bertz CT molecular complexity index is 384. The molecule has 2 rings (SSSR count). The van der Waals surface area contributed by atoms with Gasteiger partial charge >= 0.3 is 6.03 Å². The van der Waals surface area contributed by atoms with Crippen LogP contribution in [0.15, 0.2) is 0 Å². The smallest absolute Gasteiger partial charge is 0.319 e. The molecule has 2 saturated heterocycles. The number of nitrogens with zero attached hydrogens (tertiary/aromatic N) is 3. The van der Waals surface area contributed by atoms with Crippen LogP contribution in [0.1, 0.15) is 39.5 Å². The van der Waals surface area contributed by atoms with Gasteiger partial charge in [0.25, 0.3) is 0 Å². The monoisotopic (exact) mass is 324 g/mol. The number of rotatable bonds is 6. The quantitative estimate of drug-likeness (QED) is 0.803. The molecule has 0 bridgehead atoms. The van der Waals surface area contributed by atoms with Gasteiger partial charge in [0.2, 0.25) is 5.91 Å². The van der Waals surface area contributed by atoms with Crippen molar-refractivity contribution in [3.8, 4) is 0 Å². The van der Waals surface area contributed by atoms with Crippen LogP contribution in [0, 0.1) is 5.92 Å². The second kappa shape index (κ2) is 9.11. The van der Waals surface area contributed by atoms with Gasteiger partial charge in [0, 0.05) is 45.2 Å². The van der Waals surface area contributed by atoms with Crippen LogP contribution < -0.4 is 5.32 Å². The summed E-state index contributed by atoms with van der Waals surface area (Å²) in [6.07, 6.45) is 3.82. The molecule has 2 fully saturated rings. The molecule has 3 amide bonds. The van der Waals surface area contributed by atoms with Crippen molar-refractivity contribution in [1.29, 1.82) is 0 Å². The lowest BCUT2D eigenvalue weighted by Gasteiger charge is -2.34. The van der Waals surface area contributed by atoms with E-state index in [1.807, 2.05) is 9.80 Å². The minimum Gasteiger partial charge on any atom is -0.355 e. The van der Waals surface area contributed by atoms with Crippen molar-refractivity contribution < 1.29 is 9.59 Å². The van der Waals surface area contributed by atoms with Gasteiger partial charge in [0.05, 0.1) is 0 Å². The van der Waals surface area contributed by atoms with Gasteiger partial charge < -0.3 is 20.0 Å². The maximum Gasteiger partial charge on any atom is 0.319 e. The van der Waals surface area contributed by atoms with Gasteiger partial charge in [0.1, 0.15) is 0 Å². The number of likely N-dealkylation sites (tertiary alicyclic amines) is 2. The number of piperidine rings is 1. The van der Waals surface area contributed by atoms with Crippen molar-refractivity contribution in [2.45, 2.75) is 39.5 Å². The minimum absolute atomic E-state index is 0.0642. The van der Waals surface area contributed by atoms with Crippen LogP contribution in [0.25, 0.3) is 0 Å². The Morgan fingerprint density at radius 1 is 1.00 bits per heavy atom. The topological polar surface area (TPSA) is 55.9 Å². The normalized spacial score (nSPS) is 19.4. The number of amides is 3. The standard InChI is InChI=1S/C17H32N4O2/c1-3-19(4-2)14-9-18-16(22)15-7-12-21(13-8-15)17(23)20-10-5-6-11-20/h15H,3-14H2,1-2H3,(H,18,22). The molecule has 0 aliphatic carbocycles. The molecule has 0 unspecified atom stereocenters. The number of urea groups is 1. The van der Waals surface area contributed by atoms with Crippen LogP contribution in [0.5, 0.6) is 0 Å². The Kier molecular flexibility index (Phi) is 7.15. The lowest BCUT2D eigenvalue weighted by atomic mass is 9.96. The summed E-state index contributed by atoms with van der Waals surface area (Å²) in [7, 11) is 0. The van der Waals surface area contributed by atoms with Gasteiger partial charge in [-0.1, -0.05) is 13.8 Å². The summed E-state index contributed by atoms with van der Waals surface area (Å²) < 4.78 is 0. The summed E-state index contributed by atoms with van der Waals surface area (Å²) in [5.74, 6) is 0.222. The Morgan fingerprint density at radius 3 is 2.13 bits per heavy atom. The van der Waals surface area contributed by atoms with Gasteiger partial charge in [-0.3, -0.25) is 4.79 Å². The molecule has 0 aromatic heterocycles.